The lowest BCUT2D eigenvalue weighted by Gasteiger charge is -2.13. The summed E-state index contributed by atoms with van der Waals surface area (Å²) in [4.78, 5) is 21.0. The Morgan fingerprint density at radius 1 is 1.35 bits per heavy atom. The molecule has 0 atom stereocenters. The molecule has 0 saturated heterocycles. The Balaban J connectivity index is 3.52. The van der Waals surface area contributed by atoms with Crippen LogP contribution in [0.15, 0.2) is 12.1 Å². The summed E-state index contributed by atoms with van der Waals surface area (Å²) in [5.41, 5.74) is -8.08. The highest BCUT2D eigenvalue weighted by molar-refractivity contribution is 7.88. The molecular weight excluding hydrogens is 354 g/mol. The van der Waals surface area contributed by atoms with Crippen LogP contribution in [-0.4, -0.2) is 31.4 Å². The third-order valence-corrected chi connectivity index (χ3v) is 3.16. The van der Waals surface area contributed by atoms with Crippen LogP contribution in [0.1, 0.15) is 17.3 Å². The summed E-state index contributed by atoms with van der Waals surface area (Å²) in [6.07, 6.45) is 0. The van der Waals surface area contributed by atoms with Crippen molar-refractivity contribution in [3.8, 4) is 5.75 Å². The average molecular weight is 361 g/mol. The zero-order valence-electron chi connectivity index (χ0n) is 11.1. The second kappa shape index (κ2) is 6.36. The molecule has 0 unspecified atom stereocenters. The highest BCUT2D eigenvalue weighted by Crippen LogP contribution is 2.33. The van der Waals surface area contributed by atoms with Crippen LogP contribution in [0.2, 0.25) is 0 Å². The molecule has 13 heteroatoms. The maximum atomic E-state index is 13.7. The number of hydrogen-bond acceptors (Lipinski definition) is 7. The third-order valence-electron chi connectivity index (χ3n) is 2.21. The van der Waals surface area contributed by atoms with Gasteiger partial charge in [0.1, 0.15) is 5.56 Å². The van der Waals surface area contributed by atoms with E-state index in [1.807, 2.05) is 0 Å². The molecule has 0 spiro atoms. The fourth-order valence-corrected chi connectivity index (χ4v) is 1.77. The van der Waals surface area contributed by atoms with Crippen molar-refractivity contribution in [3.05, 3.63) is 33.6 Å². The Kier molecular flexibility index (Phi) is 5.14. The molecule has 0 aliphatic rings. The lowest BCUT2D eigenvalue weighted by Crippen LogP contribution is -2.29. The first-order chi connectivity index (χ1) is 10.4. The van der Waals surface area contributed by atoms with Crippen molar-refractivity contribution in [1.82, 2.24) is 0 Å². The van der Waals surface area contributed by atoms with Gasteiger partial charge in [0.2, 0.25) is 0 Å². The molecule has 0 radical (unpaired) electrons. The highest BCUT2D eigenvalue weighted by atomic mass is 32.2. The summed E-state index contributed by atoms with van der Waals surface area (Å²) in [6, 6.07) is 0.437. The van der Waals surface area contributed by atoms with Gasteiger partial charge in [-0.1, -0.05) is 0 Å². The summed E-state index contributed by atoms with van der Waals surface area (Å²) in [7, 11) is -6.29. The fourth-order valence-electron chi connectivity index (χ4n) is 1.29. The first kappa shape index (κ1) is 18.6. The van der Waals surface area contributed by atoms with E-state index in [4.69, 9.17) is 0 Å². The van der Waals surface area contributed by atoms with E-state index >= 15 is 0 Å². The van der Waals surface area contributed by atoms with Gasteiger partial charge in [-0.2, -0.15) is 21.6 Å². The first-order valence-electron chi connectivity index (χ1n) is 5.56. The van der Waals surface area contributed by atoms with E-state index in [0.29, 0.717) is 6.07 Å². The fraction of sp³-hybridized carbons (Fsp3) is 0.300. The van der Waals surface area contributed by atoms with E-state index in [1.54, 1.807) is 0 Å². The van der Waals surface area contributed by atoms with Gasteiger partial charge in [0.05, 0.1) is 17.6 Å². The van der Waals surface area contributed by atoms with E-state index < -0.39 is 49.3 Å². The largest absolute Gasteiger partial charge is 0.534 e. The van der Waals surface area contributed by atoms with Gasteiger partial charge in [-0.15, -0.1) is 0 Å². The Morgan fingerprint density at radius 3 is 2.35 bits per heavy atom. The summed E-state index contributed by atoms with van der Waals surface area (Å²) in [5.74, 6) is -5.00. The van der Waals surface area contributed by atoms with E-state index in [0.717, 1.165) is 0 Å². The number of nitrogens with zero attached hydrogens (tertiary/aromatic N) is 1. The molecule has 0 saturated carbocycles. The van der Waals surface area contributed by atoms with Crippen molar-refractivity contribution in [1.29, 1.82) is 0 Å². The second-order valence-corrected chi connectivity index (χ2v) is 5.30. The third kappa shape index (κ3) is 4.06. The highest BCUT2D eigenvalue weighted by Gasteiger charge is 2.49. The number of non-ortho nitro benzene ring substituents is 1. The Bertz CT molecular complexity index is 744. The Morgan fingerprint density at radius 2 is 1.91 bits per heavy atom. The molecule has 8 nitrogen and oxygen atoms in total. The molecule has 0 bridgehead atoms. The predicted molar refractivity (Wildman–Crippen MR) is 64.6 cm³/mol. The molecule has 0 heterocycles. The standard InChI is InChI=1S/C10H7F4NO7S/c1-2-21-9(16)6-3-5(15(17)18)4-7(11)8(6)22-23(19,20)10(12,13)14/h3-4H,2H2,1H3. The van der Waals surface area contributed by atoms with E-state index in [-0.39, 0.29) is 12.7 Å². The van der Waals surface area contributed by atoms with Crippen LogP contribution in [0.3, 0.4) is 0 Å². The normalized spacial score (nSPS) is 11.9. The molecule has 0 N–H and O–H groups in total. The second-order valence-electron chi connectivity index (χ2n) is 3.77. The number of nitro benzene ring substituents is 1. The maximum absolute atomic E-state index is 13.7. The van der Waals surface area contributed by atoms with Gasteiger partial charge in [-0.05, 0) is 6.92 Å². The van der Waals surface area contributed by atoms with Crippen molar-refractivity contribution >= 4 is 21.8 Å². The van der Waals surface area contributed by atoms with Gasteiger partial charge in [0, 0.05) is 6.07 Å². The number of alkyl halides is 3. The van der Waals surface area contributed by atoms with Crippen molar-refractivity contribution in [2.45, 2.75) is 12.4 Å². The minimum absolute atomic E-state index is 0.101. The van der Waals surface area contributed by atoms with E-state index in [1.165, 1.54) is 6.92 Å². The van der Waals surface area contributed by atoms with Gasteiger partial charge in [-0.3, -0.25) is 10.1 Å². The van der Waals surface area contributed by atoms with Crippen molar-refractivity contribution < 1.29 is 44.6 Å². The SMILES string of the molecule is CCOC(=O)c1cc([N+](=O)[O-])cc(F)c1OS(=O)(=O)C(F)(F)F. The molecule has 1 rings (SSSR count). The van der Waals surface area contributed by atoms with E-state index in [2.05, 4.69) is 8.92 Å². The Labute approximate surface area is 125 Å². The summed E-state index contributed by atoms with van der Waals surface area (Å²) in [6.45, 7) is 0.979. The zero-order valence-corrected chi connectivity index (χ0v) is 11.9. The molecule has 23 heavy (non-hydrogen) atoms. The van der Waals surface area contributed by atoms with Gasteiger partial charge < -0.3 is 8.92 Å². The molecule has 1 aromatic rings. The molecule has 0 aliphatic carbocycles. The number of halogens is 4. The molecule has 1 aromatic carbocycles. The smallest absolute Gasteiger partial charge is 0.462 e. The molecule has 128 valence electrons. The van der Waals surface area contributed by atoms with Crippen molar-refractivity contribution in [3.63, 3.8) is 0 Å². The van der Waals surface area contributed by atoms with Crippen LogP contribution in [0, 0.1) is 15.9 Å². The minimum Gasteiger partial charge on any atom is -0.462 e. The van der Waals surface area contributed by atoms with Crippen LogP contribution in [0.4, 0.5) is 23.2 Å². The molecule has 0 aromatic heterocycles. The molecule has 0 aliphatic heterocycles. The van der Waals surface area contributed by atoms with Crippen LogP contribution in [0.5, 0.6) is 5.75 Å². The zero-order chi connectivity index (χ0) is 18.0. The van der Waals surface area contributed by atoms with Crippen molar-refractivity contribution in [2.24, 2.45) is 0 Å². The van der Waals surface area contributed by atoms with Crippen LogP contribution in [-0.2, 0) is 14.9 Å². The number of hydrogen-bond donors (Lipinski definition) is 0. The van der Waals surface area contributed by atoms with Gasteiger partial charge in [0.25, 0.3) is 5.69 Å². The van der Waals surface area contributed by atoms with Crippen LogP contribution in [0.25, 0.3) is 0 Å². The lowest BCUT2D eigenvalue weighted by atomic mass is 10.1. The summed E-state index contributed by atoms with van der Waals surface area (Å²) >= 11 is 0. The van der Waals surface area contributed by atoms with Crippen LogP contribution >= 0.6 is 0 Å². The van der Waals surface area contributed by atoms with Gasteiger partial charge in [0.15, 0.2) is 11.6 Å². The lowest BCUT2D eigenvalue weighted by molar-refractivity contribution is -0.385. The molecular formula is C10H7F4NO7S. The number of benzene rings is 1. The monoisotopic (exact) mass is 361 g/mol. The predicted octanol–water partition coefficient (Wildman–Crippen LogP) is 2.14. The average Bonchev–Trinajstić information content (AvgIpc) is 2.39. The summed E-state index contributed by atoms with van der Waals surface area (Å²) < 4.78 is 80.4. The maximum Gasteiger partial charge on any atom is 0.534 e. The number of ether oxygens (including phenoxy) is 1. The Hall–Kier alpha value is -2.44. The van der Waals surface area contributed by atoms with Crippen molar-refractivity contribution in [2.75, 3.05) is 6.61 Å². The van der Waals surface area contributed by atoms with Gasteiger partial charge in [-0.25, -0.2) is 9.18 Å². The molecule has 0 amide bonds. The number of rotatable bonds is 5. The quantitative estimate of drug-likeness (QED) is 0.197. The number of carbonyl (C=O) groups excluding carboxylic acids is 1. The molecule has 0 fully saturated rings. The van der Waals surface area contributed by atoms with Crippen LogP contribution < -0.4 is 4.18 Å². The topological polar surface area (TPSA) is 113 Å². The first-order valence-corrected chi connectivity index (χ1v) is 6.97. The van der Waals surface area contributed by atoms with E-state index in [9.17, 15) is 40.9 Å². The number of nitro groups is 1. The number of esters is 1. The summed E-state index contributed by atoms with van der Waals surface area (Å²) in [5, 5.41) is 10.6. The minimum atomic E-state index is -6.29. The van der Waals surface area contributed by atoms with Gasteiger partial charge >= 0.3 is 21.6 Å². The number of carbonyl (C=O) groups is 1.